The molecule has 0 aromatic heterocycles. The monoisotopic (exact) mass is 522 g/mol. The summed E-state index contributed by atoms with van der Waals surface area (Å²) in [5, 5.41) is 0. The van der Waals surface area contributed by atoms with Gasteiger partial charge < -0.3 is 78.1 Å². The van der Waals surface area contributed by atoms with Crippen LogP contribution in [0.25, 0.3) is 0 Å². The van der Waals surface area contributed by atoms with Crippen molar-refractivity contribution in [3.05, 3.63) is 0 Å². The minimum absolute atomic E-state index is 0. The van der Waals surface area contributed by atoms with Crippen molar-refractivity contribution in [2.75, 3.05) is 0 Å². The van der Waals surface area contributed by atoms with E-state index in [1.54, 1.807) is 0 Å². The Morgan fingerprint density at radius 2 is 0.346 bits per heavy atom. The van der Waals surface area contributed by atoms with Crippen molar-refractivity contribution in [2.45, 2.75) is 0 Å². The quantitative estimate of drug-likeness (QED) is 0.266. The molecule has 16 nitrogen and oxygen atoms in total. The second-order valence-electron chi connectivity index (χ2n) is 1.00. The van der Waals surface area contributed by atoms with E-state index in [1.165, 1.54) is 0 Å². The van der Waals surface area contributed by atoms with Crippen LogP contribution in [0.4, 0.5) is 0 Å². The van der Waals surface area contributed by atoms with Crippen LogP contribution in [0.1, 0.15) is 0 Å². The van der Waals surface area contributed by atoms with Gasteiger partial charge in [-0.3, -0.25) is 0 Å². The Bertz CT molecular complexity index is 181. The van der Waals surface area contributed by atoms with E-state index in [4.69, 9.17) is 56.2 Å². The van der Waals surface area contributed by atoms with Gasteiger partial charge in [0, 0.05) is 36.7 Å². The van der Waals surface area contributed by atoms with Gasteiger partial charge >= 0.3 is 141 Å². The van der Waals surface area contributed by atoms with Crippen molar-refractivity contribution in [3.8, 4) is 0 Å². The molecule has 0 aromatic carbocycles. The largest absolute Gasteiger partial charge is 3.00 e. The predicted molar refractivity (Wildman–Crippen MR) is 50.8 cm³/mol. The Morgan fingerprint density at radius 1 is 0.346 bits per heavy atom. The Hall–Kier alpha value is 2.90. The van der Waals surface area contributed by atoms with E-state index in [9.17, 15) is 0 Å². The fourth-order valence-corrected chi connectivity index (χ4v) is 0. The molecule has 0 aliphatic carbocycles. The van der Waals surface area contributed by atoms with Gasteiger partial charge in [0.25, 0.3) is 0 Å². The van der Waals surface area contributed by atoms with Crippen LogP contribution in [0, 0.1) is 0 Å². The summed E-state index contributed by atoms with van der Waals surface area (Å²) < 4.78 is 34.1. The Labute approximate surface area is 251 Å². The molecule has 0 radical (unpaired) electrons. The molecule has 0 rings (SSSR count). The summed E-state index contributed by atoms with van der Waals surface area (Å²) in [5.74, 6) is 0. The summed E-state index contributed by atoms with van der Waals surface area (Å²) in [4.78, 5) is 68.1. The minimum Gasteiger partial charge on any atom is -0.870 e. The van der Waals surface area contributed by atoms with E-state index in [-0.39, 0.29) is 163 Å². The predicted octanol–water partition coefficient (Wildman–Crippen LogP) is -22.3. The van der Waals surface area contributed by atoms with Gasteiger partial charge in [-0.25, -0.2) is 0 Å². The van der Waals surface area contributed by atoms with Gasteiger partial charge in [-0.2, -0.15) is 0 Å². The fourth-order valence-electron chi connectivity index (χ4n) is 0. The molecule has 0 aliphatic rings. The summed E-state index contributed by atoms with van der Waals surface area (Å²) in [7, 11) is -14.5. The van der Waals surface area contributed by atoms with E-state index < -0.39 is 36.7 Å². The first-order valence-electron chi connectivity index (χ1n) is 2.45. The van der Waals surface area contributed by atoms with Gasteiger partial charge in [0.2, 0.25) is 0 Å². The third-order valence-corrected chi connectivity index (χ3v) is 0. The van der Waals surface area contributed by atoms with Crippen molar-refractivity contribution in [1.29, 1.82) is 0 Å². The van der Waals surface area contributed by atoms with Crippen molar-refractivity contribution in [2.24, 2.45) is 0 Å². The molecule has 0 bridgehead atoms. The first-order valence-corrected chi connectivity index (χ1v) is 7.35. The molecule has 26 heteroatoms. The van der Waals surface area contributed by atoms with Gasteiger partial charge in [-0.15, -0.1) is 0 Å². The third kappa shape index (κ3) is 2140. The maximum Gasteiger partial charge on any atom is 3.00 e. The van der Waals surface area contributed by atoms with Crippen molar-refractivity contribution < 1.29 is 167 Å². The zero-order valence-electron chi connectivity index (χ0n) is 13.4. The van der Waals surface area contributed by atoms with Crippen LogP contribution in [-0.2, 0) is 17.8 Å². The van der Waals surface area contributed by atoms with Crippen LogP contribution in [0.3, 0.4) is 0 Å². The molecular formula is H4Al3Na3O16Si4. The molecular weight excluding hydrogens is 518 g/mol. The van der Waals surface area contributed by atoms with Crippen LogP contribution in [0.15, 0.2) is 0 Å². The molecule has 26 heavy (non-hydrogen) atoms. The van der Waals surface area contributed by atoms with E-state index in [2.05, 4.69) is 0 Å². The molecule has 0 spiro atoms. The maximum atomic E-state index is 8.52. The molecule has 0 unspecified atom stereocenters. The molecule has 0 aliphatic heterocycles. The molecule has 128 valence electrons. The smallest absolute Gasteiger partial charge is 0.870 e. The first kappa shape index (κ1) is 101. The molecule has 0 saturated carbocycles. The van der Waals surface area contributed by atoms with Crippen LogP contribution in [0.2, 0.25) is 0 Å². The summed E-state index contributed by atoms with van der Waals surface area (Å²) in [6, 6.07) is 0. The summed E-state index contributed by atoms with van der Waals surface area (Å²) in [6.07, 6.45) is 0. The zero-order chi connectivity index (χ0) is 14.3. The van der Waals surface area contributed by atoms with E-state index >= 15 is 0 Å². The summed E-state index contributed by atoms with van der Waals surface area (Å²) in [6.45, 7) is 0. The number of hydrogen-bond donors (Lipinski definition) is 0. The van der Waals surface area contributed by atoms with Crippen molar-refractivity contribution in [3.63, 3.8) is 0 Å². The number of rotatable bonds is 0. The third-order valence-electron chi connectivity index (χ3n) is 0. The molecule has 0 fully saturated rings. The number of hydrogen-bond acceptors (Lipinski definition) is 16. The second-order valence-corrected chi connectivity index (χ2v) is 3.00. The van der Waals surface area contributed by atoms with Crippen molar-refractivity contribution in [1.82, 2.24) is 0 Å². The Kier molecular flexibility index (Phi) is 354. The SMILES string of the molecule is O=[Si]([O-])[O-].O=[Si]([O-])[O-].O=[Si]([O-])[O-].O=[Si]([O-])[O-].[Al+3].[Al+3].[Al+3].[Na+].[Na+].[Na+].[OH-].[OH-].[OH-].[OH-]. The zero-order valence-corrected chi connectivity index (χ0v) is 26.9. The van der Waals surface area contributed by atoms with Crippen LogP contribution in [-0.4, -0.2) is 111 Å². The van der Waals surface area contributed by atoms with E-state index in [0.29, 0.717) is 0 Å². The van der Waals surface area contributed by atoms with Crippen LogP contribution in [0.5, 0.6) is 0 Å². The summed E-state index contributed by atoms with van der Waals surface area (Å²) >= 11 is 0. The Morgan fingerprint density at radius 3 is 0.346 bits per heavy atom. The van der Waals surface area contributed by atoms with E-state index in [1.807, 2.05) is 0 Å². The second kappa shape index (κ2) is 90.9. The molecule has 0 heterocycles. The molecule has 0 atom stereocenters. The average Bonchev–Trinajstić information content (AvgIpc) is 1.76. The van der Waals surface area contributed by atoms with Gasteiger partial charge in [0.1, 0.15) is 0 Å². The van der Waals surface area contributed by atoms with Crippen LogP contribution < -0.4 is 127 Å². The summed E-state index contributed by atoms with van der Waals surface area (Å²) in [5.41, 5.74) is 0. The van der Waals surface area contributed by atoms with Gasteiger partial charge in [-0.1, -0.05) is 0 Å². The van der Waals surface area contributed by atoms with E-state index in [0.717, 1.165) is 0 Å². The molecule has 0 saturated heterocycles. The standard InChI is InChI=1S/3Al.3Na.4O3Si.4H2O/c;;;;;;4*1-4(2)3;;;;/h;;;;;;;;;;4*1H2/q3*+3;3*+1;4*-2;;;;/p-4. The van der Waals surface area contributed by atoms with Crippen molar-refractivity contribution >= 4 is 88.8 Å². The fraction of sp³-hybridized carbons (Fsp3) is 0. The average molecular weight is 522 g/mol. The van der Waals surface area contributed by atoms with Crippen LogP contribution >= 0.6 is 0 Å². The topological polar surface area (TPSA) is 373 Å². The van der Waals surface area contributed by atoms with Gasteiger partial charge in [0.05, 0.1) is 0 Å². The molecule has 0 amide bonds. The minimum atomic E-state index is -3.63. The maximum absolute atomic E-state index is 8.52. The first-order chi connectivity index (χ1) is 6.93. The molecule has 0 aromatic rings. The van der Waals surface area contributed by atoms with Gasteiger partial charge in [0.15, 0.2) is 0 Å². The normalized spacial score (nSPS) is 3.69. The molecule has 4 N–H and O–H groups in total. The Balaban J connectivity index is -0.00000000545. The van der Waals surface area contributed by atoms with Gasteiger partial charge in [-0.05, 0) is 0 Å².